The van der Waals surface area contributed by atoms with E-state index in [1.54, 1.807) is 0 Å². The minimum absolute atomic E-state index is 0. The molecule has 0 spiro atoms. The number of nitrogens with zero attached hydrogens (tertiary/aromatic N) is 4. The van der Waals surface area contributed by atoms with E-state index in [1.807, 2.05) is 85.1 Å². The maximum absolute atomic E-state index is 6.30. The van der Waals surface area contributed by atoms with Crippen LogP contribution in [0.2, 0.25) is 19.6 Å². The first kappa shape index (κ1) is 32.3. The molecule has 4 heterocycles. The quantitative estimate of drug-likeness (QED) is 0.129. The van der Waals surface area contributed by atoms with Gasteiger partial charge in [-0.3, -0.25) is 4.98 Å². The van der Waals surface area contributed by atoms with Crippen LogP contribution in [0.4, 0.5) is 0 Å². The standard InChI is InChI=1S/C26H18N3O.C14H16NSi.Ir/c1-2-29-23-14-7-6-13-22(23)27-25(29)20-12-8-11-18-19-15-16-21(17-9-4-3-5-10-17)28-26(19)30-24(18)20;1-16(2,3)13-9-10-14(15-11-13)12-7-5-4-6-8-12;/h3-11,13-16H,2H2,1H3;4-7,9-11H,1-3H3;/q2*-1;. The van der Waals surface area contributed by atoms with E-state index in [0.29, 0.717) is 5.71 Å². The zero-order chi connectivity index (χ0) is 31.7. The molecule has 0 fully saturated rings. The van der Waals surface area contributed by atoms with Gasteiger partial charge in [-0.15, -0.1) is 54.1 Å². The fourth-order valence-corrected chi connectivity index (χ4v) is 6.73. The Morgan fingerprint density at radius 3 is 2.21 bits per heavy atom. The molecule has 1 radical (unpaired) electrons. The monoisotopic (exact) mass is 807 g/mol. The number of aryl methyl sites for hydroxylation is 1. The molecule has 235 valence electrons. The van der Waals surface area contributed by atoms with Gasteiger partial charge < -0.3 is 14.0 Å². The van der Waals surface area contributed by atoms with Crippen molar-refractivity contribution < 1.29 is 24.5 Å². The minimum atomic E-state index is -1.23. The molecule has 4 aromatic heterocycles. The summed E-state index contributed by atoms with van der Waals surface area (Å²) >= 11 is 0. The normalized spacial score (nSPS) is 11.3. The molecule has 7 heteroatoms. The van der Waals surface area contributed by atoms with Crippen LogP contribution in [0.25, 0.3) is 67.0 Å². The number of imidazole rings is 1. The fraction of sp³-hybridized carbons (Fsp3) is 0.125. The number of furan rings is 1. The Labute approximate surface area is 289 Å². The largest absolute Gasteiger partial charge is 0.486 e. The minimum Gasteiger partial charge on any atom is -0.486 e. The molecular formula is C40H34IrN4OSi-2. The Morgan fingerprint density at radius 1 is 0.723 bits per heavy atom. The van der Waals surface area contributed by atoms with E-state index in [1.165, 1.54) is 5.19 Å². The number of para-hydroxylation sites is 2. The second-order valence-corrected chi connectivity index (χ2v) is 17.3. The van der Waals surface area contributed by atoms with Crippen molar-refractivity contribution in [3.05, 3.63) is 134 Å². The van der Waals surface area contributed by atoms with Crippen LogP contribution < -0.4 is 5.19 Å². The van der Waals surface area contributed by atoms with Gasteiger partial charge in [0.1, 0.15) is 0 Å². The molecule has 0 unspecified atom stereocenters. The SMILES string of the molecule is CCn1c(-c2[c-]ccc3c2oc2nc(-c4ccccc4)ccc23)nc2ccccc21.C[Si](C)(C)c1ccc(-c2[c-]cccc2)nc1.[Ir]. The number of hydrogen-bond donors (Lipinski definition) is 0. The van der Waals surface area contributed by atoms with Crippen LogP contribution in [0.5, 0.6) is 0 Å². The third kappa shape index (κ3) is 6.47. The zero-order valence-corrected chi connectivity index (χ0v) is 30.2. The number of benzene rings is 4. The van der Waals surface area contributed by atoms with Gasteiger partial charge in [-0.1, -0.05) is 85.2 Å². The average Bonchev–Trinajstić information content (AvgIpc) is 3.67. The maximum atomic E-state index is 6.30. The molecule has 0 aliphatic heterocycles. The molecule has 0 atom stereocenters. The molecule has 4 aromatic carbocycles. The number of hydrogen-bond acceptors (Lipinski definition) is 4. The van der Waals surface area contributed by atoms with Gasteiger partial charge >= 0.3 is 0 Å². The predicted molar refractivity (Wildman–Crippen MR) is 192 cm³/mol. The summed E-state index contributed by atoms with van der Waals surface area (Å²) in [7, 11) is -1.23. The number of rotatable bonds is 5. The van der Waals surface area contributed by atoms with Gasteiger partial charge in [-0.2, -0.15) is 0 Å². The summed E-state index contributed by atoms with van der Waals surface area (Å²) < 4.78 is 8.50. The van der Waals surface area contributed by atoms with Gasteiger partial charge in [-0.05, 0) is 42.1 Å². The molecular weight excluding hydrogens is 773 g/mol. The topological polar surface area (TPSA) is 56.7 Å². The molecule has 8 rings (SSSR count). The molecule has 0 amide bonds. The number of aromatic nitrogens is 4. The van der Waals surface area contributed by atoms with Gasteiger partial charge in [0.05, 0.1) is 36.2 Å². The Balaban J connectivity index is 0.000000194. The molecule has 0 N–H and O–H groups in total. The van der Waals surface area contributed by atoms with E-state index in [9.17, 15) is 0 Å². The van der Waals surface area contributed by atoms with Crippen molar-refractivity contribution in [1.29, 1.82) is 0 Å². The number of pyridine rings is 2. The molecule has 0 bridgehead atoms. The van der Waals surface area contributed by atoms with Gasteiger partial charge in [0.25, 0.3) is 0 Å². The number of fused-ring (bicyclic) bond motifs is 4. The van der Waals surface area contributed by atoms with Crippen LogP contribution >= 0.6 is 0 Å². The van der Waals surface area contributed by atoms with Gasteiger partial charge in [-0.25, -0.2) is 4.98 Å². The van der Waals surface area contributed by atoms with E-state index in [2.05, 4.69) is 84.6 Å². The maximum Gasteiger partial charge on any atom is 0.216 e. The third-order valence-electron chi connectivity index (χ3n) is 8.18. The van der Waals surface area contributed by atoms with Gasteiger partial charge in [0.2, 0.25) is 5.71 Å². The summed E-state index contributed by atoms with van der Waals surface area (Å²) in [6.45, 7) is 9.94. The van der Waals surface area contributed by atoms with Crippen LogP contribution in [0, 0.1) is 12.1 Å². The summed E-state index contributed by atoms with van der Waals surface area (Å²) in [6, 6.07) is 45.3. The van der Waals surface area contributed by atoms with Crippen LogP contribution in [0.1, 0.15) is 6.92 Å². The second kappa shape index (κ2) is 13.6. The third-order valence-corrected chi connectivity index (χ3v) is 10.2. The summed E-state index contributed by atoms with van der Waals surface area (Å²) in [6.07, 6.45) is 2.02. The van der Waals surface area contributed by atoms with Crippen LogP contribution in [0.3, 0.4) is 0 Å². The van der Waals surface area contributed by atoms with E-state index in [0.717, 1.165) is 67.8 Å². The van der Waals surface area contributed by atoms with Gasteiger partial charge in [0, 0.05) is 43.8 Å². The predicted octanol–water partition coefficient (Wildman–Crippen LogP) is 9.58. The smallest absolute Gasteiger partial charge is 0.216 e. The Morgan fingerprint density at radius 2 is 1.49 bits per heavy atom. The Kier molecular flexibility index (Phi) is 9.32. The molecule has 5 nitrogen and oxygen atoms in total. The Bertz CT molecular complexity index is 2270. The van der Waals surface area contributed by atoms with Crippen molar-refractivity contribution in [3.8, 4) is 33.9 Å². The van der Waals surface area contributed by atoms with Crippen molar-refractivity contribution in [2.45, 2.75) is 33.1 Å². The van der Waals surface area contributed by atoms with Crippen LogP contribution in [-0.2, 0) is 26.7 Å². The molecule has 0 saturated carbocycles. The second-order valence-electron chi connectivity index (χ2n) is 12.2. The summed E-state index contributed by atoms with van der Waals surface area (Å²) in [4.78, 5) is 14.2. The van der Waals surface area contributed by atoms with Gasteiger partial charge in [0.15, 0.2) is 0 Å². The van der Waals surface area contributed by atoms with Crippen LogP contribution in [0.15, 0.2) is 126 Å². The van der Waals surface area contributed by atoms with Crippen molar-refractivity contribution in [3.63, 3.8) is 0 Å². The van der Waals surface area contributed by atoms with Crippen molar-refractivity contribution in [2.75, 3.05) is 0 Å². The van der Waals surface area contributed by atoms with E-state index >= 15 is 0 Å². The molecule has 0 saturated heterocycles. The summed E-state index contributed by atoms with van der Waals surface area (Å²) in [5.74, 6) is 0.867. The van der Waals surface area contributed by atoms with E-state index < -0.39 is 8.07 Å². The summed E-state index contributed by atoms with van der Waals surface area (Å²) in [5, 5.41) is 3.42. The average molecular weight is 807 g/mol. The molecule has 8 aromatic rings. The zero-order valence-electron chi connectivity index (χ0n) is 26.8. The molecule has 0 aliphatic rings. The first-order valence-corrected chi connectivity index (χ1v) is 19.1. The Hall–Kier alpha value is -4.68. The van der Waals surface area contributed by atoms with Crippen molar-refractivity contribution >= 4 is 46.4 Å². The summed E-state index contributed by atoms with van der Waals surface area (Å²) in [5.41, 5.74) is 8.38. The van der Waals surface area contributed by atoms with E-state index in [-0.39, 0.29) is 20.1 Å². The van der Waals surface area contributed by atoms with Crippen LogP contribution in [-0.4, -0.2) is 27.6 Å². The van der Waals surface area contributed by atoms with Crippen molar-refractivity contribution in [1.82, 2.24) is 19.5 Å². The van der Waals surface area contributed by atoms with Crippen molar-refractivity contribution in [2.24, 2.45) is 0 Å². The molecule has 0 aliphatic carbocycles. The molecule has 47 heavy (non-hydrogen) atoms. The first-order chi connectivity index (χ1) is 22.4. The van der Waals surface area contributed by atoms with E-state index in [4.69, 9.17) is 14.4 Å². The fourth-order valence-electron chi connectivity index (χ4n) is 5.69. The first-order valence-electron chi connectivity index (χ1n) is 15.6.